The minimum Gasteiger partial charge on any atom is -0.493 e. The Labute approximate surface area is 256 Å². The van der Waals surface area contributed by atoms with Gasteiger partial charge in [-0.2, -0.15) is 0 Å². The third-order valence-corrected chi connectivity index (χ3v) is 9.06. The highest BCUT2D eigenvalue weighted by Gasteiger charge is 2.20. The van der Waals surface area contributed by atoms with E-state index in [2.05, 4.69) is 33.0 Å². The molecule has 2 fully saturated rings. The molecule has 1 N–H and O–H groups in total. The molecule has 0 spiro atoms. The number of piperazine rings is 1. The Morgan fingerprint density at radius 3 is 2.57 bits per heavy atom. The number of likely N-dealkylation sites (tertiary alicyclic amines) is 1. The van der Waals surface area contributed by atoms with Crippen LogP contribution in [-0.2, 0) is 4.79 Å². The Morgan fingerprint density at radius 1 is 0.952 bits per heavy atom. The van der Waals surface area contributed by atoms with E-state index < -0.39 is 0 Å². The monoisotopic (exact) mass is 594 g/mol. The minimum atomic E-state index is 0.170. The largest absolute Gasteiger partial charge is 0.493 e. The second kappa shape index (κ2) is 15.8. The SMILES string of the molecule is CC1CCCCN1CCCNC(=O)CN1CCN(CCCCCOc2ccc3c(-c4ccc(Cl)cc4)coc3c2)CC1. The number of fused-ring (bicyclic) bond motifs is 1. The topological polar surface area (TPSA) is 61.2 Å². The summed E-state index contributed by atoms with van der Waals surface area (Å²) in [5.41, 5.74) is 2.98. The predicted molar refractivity (Wildman–Crippen MR) is 171 cm³/mol. The second-order valence-electron chi connectivity index (χ2n) is 11.9. The van der Waals surface area contributed by atoms with Crippen LogP contribution in [-0.4, -0.2) is 92.2 Å². The minimum absolute atomic E-state index is 0.170. The first kappa shape index (κ1) is 30.9. The lowest BCUT2D eigenvalue weighted by atomic mass is 10.0. The van der Waals surface area contributed by atoms with E-state index in [4.69, 9.17) is 20.8 Å². The van der Waals surface area contributed by atoms with E-state index >= 15 is 0 Å². The molecule has 8 heteroatoms. The second-order valence-corrected chi connectivity index (χ2v) is 12.4. The number of hydrogen-bond donors (Lipinski definition) is 1. The summed E-state index contributed by atoms with van der Waals surface area (Å²) in [5.74, 6) is 1.01. The molecule has 2 aromatic carbocycles. The fraction of sp³-hybridized carbons (Fsp3) is 0.559. The molecule has 1 unspecified atom stereocenters. The van der Waals surface area contributed by atoms with E-state index in [1.807, 2.05) is 36.4 Å². The molecule has 228 valence electrons. The number of hydrogen-bond acceptors (Lipinski definition) is 6. The quantitative estimate of drug-likeness (QED) is 0.221. The zero-order valence-electron chi connectivity index (χ0n) is 25.2. The lowest BCUT2D eigenvalue weighted by Gasteiger charge is -2.34. The number of benzene rings is 2. The molecule has 3 aromatic rings. The molecule has 2 aliphatic rings. The number of ether oxygens (including phenoxy) is 1. The van der Waals surface area contributed by atoms with Crippen molar-refractivity contribution < 1.29 is 13.9 Å². The van der Waals surface area contributed by atoms with Crippen molar-refractivity contribution in [3.63, 3.8) is 0 Å². The highest BCUT2D eigenvalue weighted by atomic mass is 35.5. The van der Waals surface area contributed by atoms with Gasteiger partial charge in [-0.05, 0) is 88.4 Å². The molecular weight excluding hydrogens is 548 g/mol. The van der Waals surface area contributed by atoms with Crippen molar-refractivity contribution in [3.8, 4) is 16.9 Å². The normalized spacial score (nSPS) is 18.9. The highest BCUT2D eigenvalue weighted by Crippen LogP contribution is 2.33. The van der Waals surface area contributed by atoms with Gasteiger partial charge in [0, 0.05) is 67.3 Å². The number of nitrogens with one attached hydrogen (secondary N) is 1. The Balaban J connectivity index is 0.903. The summed E-state index contributed by atoms with van der Waals surface area (Å²) in [7, 11) is 0. The van der Waals surface area contributed by atoms with Crippen molar-refractivity contribution in [1.82, 2.24) is 20.0 Å². The summed E-state index contributed by atoms with van der Waals surface area (Å²) in [6.45, 7) is 11.8. The number of carbonyl (C=O) groups excluding carboxylic acids is 1. The van der Waals surface area contributed by atoms with Crippen LogP contribution in [0.15, 0.2) is 53.1 Å². The van der Waals surface area contributed by atoms with Gasteiger partial charge in [0.15, 0.2) is 0 Å². The average Bonchev–Trinajstić information content (AvgIpc) is 3.42. The standard InChI is InChI=1S/C34H47ClN4O3/c1-27-8-3-5-17-39(27)18-7-15-36-34(40)25-38-21-19-37(20-22-38)16-4-2-6-23-41-30-13-14-31-32(26-42-33(31)24-30)28-9-11-29(35)12-10-28/h9-14,24,26-27H,2-8,15-23,25H2,1H3,(H,36,40). The van der Waals surface area contributed by atoms with Gasteiger partial charge in [0.2, 0.25) is 5.91 Å². The van der Waals surface area contributed by atoms with Gasteiger partial charge in [0.05, 0.1) is 19.4 Å². The number of unbranched alkanes of at least 4 members (excludes halogenated alkanes) is 2. The van der Waals surface area contributed by atoms with Gasteiger partial charge < -0.3 is 24.3 Å². The van der Waals surface area contributed by atoms with Crippen LogP contribution in [0.5, 0.6) is 5.75 Å². The van der Waals surface area contributed by atoms with Crippen molar-refractivity contribution in [3.05, 3.63) is 53.8 Å². The third-order valence-electron chi connectivity index (χ3n) is 8.81. The smallest absolute Gasteiger partial charge is 0.234 e. The fourth-order valence-electron chi connectivity index (χ4n) is 6.19. The number of carbonyl (C=O) groups is 1. The van der Waals surface area contributed by atoms with E-state index in [1.165, 1.54) is 32.2 Å². The first-order chi connectivity index (χ1) is 20.5. The molecule has 5 rings (SSSR count). The van der Waals surface area contributed by atoms with E-state index in [0.29, 0.717) is 19.2 Å². The maximum Gasteiger partial charge on any atom is 0.234 e. The van der Waals surface area contributed by atoms with Crippen molar-refractivity contribution >= 4 is 28.5 Å². The fourth-order valence-corrected chi connectivity index (χ4v) is 6.31. The van der Waals surface area contributed by atoms with E-state index in [0.717, 1.165) is 97.9 Å². The van der Waals surface area contributed by atoms with Crippen LogP contribution in [0.4, 0.5) is 0 Å². The third kappa shape index (κ3) is 8.96. The van der Waals surface area contributed by atoms with Crippen molar-refractivity contribution in [2.24, 2.45) is 0 Å². The Kier molecular flexibility index (Phi) is 11.6. The van der Waals surface area contributed by atoms with Crippen molar-refractivity contribution in [2.75, 3.05) is 65.5 Å². The molecule has 2 saturated heterocycles. The molecule has 42 heavy (non-hydrogen) atoms. The van der Waals surface area contributed by atoms with Crippen LogP contribution >= 0.6 is 11.6 Å². The van der Waals surface area contributed by atoms with Crippen LogP contribution < -0.4 is 10.1 Å². The molecule has 1 aromatic heterocycles. The molecular formula is C34H47ClN4O3. The lowest BCUT2D eigenvalue weighted by molar-refractivity contribution is -0.122. The molecule has 0 aliphatic carbocycles. The molecule has 1 amide bonds. The number of amides is 1. The maximum atomic E-state index is 12.4. The Hall–Kier alpha value is -2.58. The van der Waals surface area contributed by atoms with Gasteiger partial charge in [0.25, 0.3) is 0 Å². The summed E-state index contributed by atoms with van der Waals surface area (Å²) in [4.78, 5) is 19.8. The first-order valence-corrected chi connectivity index (χ1v) is 16.3. The van der Waals surface area contributed by atoms with Gasteiger partial charge in [0.1, 0.15) is 11.3 Å². The molecule has 1 atom stereocenters. The zero-order valence-corrected chi connectivity index (χ0v) is 25.9. The van der Waals surface area contributed by atoms with Crippen molar-refractivity contribution in [1.29, 1.82) is 0 Å². The number of rotatable bonds is 14. The summed E-state index contributed by atoms with van der Waals surface area (Å²) in [6.07, 6.45) is 10.2. The van der Waals surface area contributed by atoms with Crippen LogP contribution in [0, 0.1) is 0 Å². The van der Waals surface area contributed by atoms with Gasteiger partial charge in [-0.15, -0.1) is 0 Å². The predicted octanol–water partition coefficient (Wildman–Crippen LogP) is 6.30. The molecule has 0 radical (unpaired) electrons. The number of halogens is 1. The molecule has 2 aliphatic heterocycles. The van der Waals surface area contributed by atoms with E-state index in [1.54, 1.807) is 6.26 Å². The number of nitrogens with zero attached hydrogens (tertiary/aromatic N) is 3. The van der Waals surface area contributed by atoms with Crippen molar-refractivity contribution in [2.45, 2.75) is 57.9 Å². The lowest BCUT2D eigenvalue weighted by Crippen LogP contribution is -2.49. The summed E-state index contributed by atoms with van der Waals surface area (Å²) < 4.78 is 11.8. The Morgan fingerprint density at radius 2 is 1.76 bits per heavy atom. The van der Waals surface area contributed by atoms with Crippen LogP contribution in [0.25, 0.3) is 22.1 Å². The van der Waals surface area contributed by atoms with Crippen LogP contribution in [0.1, 0.15) is 51.9 Å². The van der Waals surface area contributed by atoms with Gasteiger partial charge in [-0.25, -0.2) is 0 Å². The van der Waals surface area contributed by atoms with Crippen LogP contribution in [0.2, 0.25) is 5.02 Å². The number of piperidine rings is 1. The highest BCUT2D eigenvalue weighted by molar-refractivity contribution is 6.30. The van der Waals surface area contributed by atoms with Gasteiger partial charge in [-0.1, -0.05) is 30.2 Å². The average molecular weight is 595 g/mol. The Bertz CT molecular complexity index is 1260. The molecule has 0 bridgehead atoms. The van der Waals surface area contributed by atoms with Crippen LogP contribution in [0.3, 0.4) is 0 Å². The van der Waals surface area contributed by atoms with E-state index in [-0.39, 0.29) is 5.91 Å². The van der Waals surface area contributed by atoms with E-state index in [9.17, 15) is 4.79 Å². The number of furan rings is 1. The first-order valence-electron chi connectivity index (χ1n) is 15.9. The zero-order chi connectivity index (χ0) is 29.1. The molecule has 0 saturated carbocycles. The molecule has 3 heterocycles. The summed E-state index contributed by atoms with van der Waals surface area (Å²) in [5, 5.41) is 4.94. The maximum absolute atomic E-state index is 12.4. The van der Waals surface area contributed by atoms with Gasteiger partial charge >= 0.3 is 0 Å². The summed E-state index contributed by atoms with van der Waals surface area (Å²) in [6, 6.07) is 14.6. The van der Waals surface area contributed by atoms with Gasteiger partial charge in [-0.3, -0.25) is 9.69 Å². The molecule has 7 nitrogen and oxygen atoms in total. The summed E-state index contributed by atoms with van der Waals surface area (Å²) >= 11 is 6.03.